The van der Waals surface area contributed by atoms with E-state index in [4.69, 9.17) is 4.74 Å². The monoisotopic (exact) mass is 377 g/mol. The molecule has 1 aromatic heterocycles. The molecule has 0 saturated heterocycles. The Morgan fingerprint density at radius 2 is 1.71 bits per heavy atom. The minimum absolute atomic E-state index is 0.156. The minimum Gasteiger partial charge on any atom is -0.494 e. The highest BCUT2D eigenvalue weighted by molar-refractivity contribution is 5.90. The van der Waals surface area contributed by atoms with Crippen LogP contribution in [0.2, 0.25) is 0 Å². The molecule has 0 spiro atoms. The van der Waals surface area contributed by atoms with Crippen LogP contribution in [-0.2, 0) is 11.3 Å². The number of benzene rings is 2. The first-order valence-corrected chi connectivity index (χ1v) is 9.14. The Kier molecular flexibility index (Phi) is 5.89. The van der Waals surface area contributed by atoms with E-state index in [-0.39, 0.29) is 18.0 Å². The summed E-state index contributed by atoms with van der Waals surface area (Å²) in [5.41, 5.74) is 3.95. The molecule has 0 radical (unpaired) electrons. The summed E-state index contributed by atoms with van der Waals surface area (Å²) in [6, 6.07) is 16.3. The number of nitrogens with zero attached hydrogens (tertiary/aromatic N) is 2. The Hall–Kier alpha value is -3.41. The van der Waals surface area contributed by atoms with Gasteiger partial charge < -0.3 is 10.1 Å². The molecule has 144 valence electrons. The molecule has 3 rings (SSSR count). The fraction of sp³-hybridized carbons (Fsp3) is 0.227. The molecule has 3 aromatic rings. The molecule has 0 fully saturated rings. The largest absolute Gasteiger partial charge is 0.494 e. The lowest BCUT2D eigenvalue weighted by molar-refractivity contribution is -0.117. The molecule has 0 saturated carbocycles. The third-order valence-electron chi connectivity index (χ3n) is 4.13. The molecule has 6 nitrogen and oxygen atoms in total. The van der Waals surface area contributed by atoms with Crippen LogP contribution in [0.15, 0.2) is 59.4 Å². The fourth-order valence-electron chi connectivity index (χ4n) is 2.99. The van der Waals surface area contributed by atoms with Gasteiger partial charge in [-0.1, -0.05) is 6.07 Å². The maximum absolute atomic E-state index is 12.4. The number of nitrogens with one attached hydrogen (secondary N) is 1. The minimum atomic E-state index is -0.328. The molecule has 0 aliphatic heterocycles. The average Bonchev–Trinajstić information content (AvgIpc) is 2.63. The van der Waals surface area contributed by atoms with Gasteiger partial charge in [0.15, 0.2) is 0 Å². The maximum Gasteiger partial charge on any atom is 0.267 e. The van der Waals surface area contributed by atoms with E-state index in [1.165, 1.54) is 10.7 Å². The van der Waals surface area contributed by atoms with Crippen LogP contribution in [0.25, 0.3) is 11.3 Å². The number of carbonyl (C=O) groups excluding carboxylic acids is 1. The highest BCUT2D eigenvalue weighted by Gasteiger charge is 2.09. The van der Waals surface area contributed by atoms with Crippen molar-refractivity contribution in [3.05, 3.63) is 76.1 Å². The number of hydrogen-bond acceptors (Lipinski definition) is 4. The topological polar surface area (TPSA) is 73.2 Å². The van der Waals surface area contributed by atoms with E-state index in [9.17, 15) is 9.59 Å². The van der Waals surface area contributed by atoms with Gasteiger partial charge in [0.05, 0.1) is 12.3 Å². The molecular formula is C22H23N3O3. The molecule has 1 amide bonds. The number of aromatic nitrogens is 2. The number of anilines is 1. The van der Waals surface area contributed by atoms with Crippen LogP contribution >= 0.6 is 0 Å². The molecule has 0 bridgehead atoms. The Morgan fingerprint density at radius 3 is 2.36 bits per heavy atom. The SMILES string of the molecule is CCOc1ccc(-c2ccc(=O)n(CC(=O)Nc3cc(C)cc(C)c3)n2)cc1. The van der Waals surface area contributed by atoms with Crippen molar-refractivity contribution in [3.63, 3.8) is 0 Å². The number of amides is 1. The van der Waals surface area contributed by atoms with Crippen LogP contribution in [0.5, 0.6) is 5.75 Å². The van der Waals surface area contributed by atoms with Crippen molar-refractivity contribution in [3.8, 4) is 17.0 Å². The smallest absolute Gasteiger partial charge is 0.267 e. The second-order valence-electron chi connectivity index (χ2n) is 6.60. The Balaban J connectivity index is 1.77. The molecule has 1 heterocycles. The molecule has 2 aromatic carbocycles. The Labute approximate surface area is 163 Å². The van der Waals surface area contributed by atoms with E-state index in [0.29, 0.717) is 18.0 Å². The number of hydrogen-bond donors (Lipinski definition) is 1. The second-order valence-corrected chi connectivity index (χ2v) is 6.60. The predicted molar refractivity (Wildman–Crippen MR) is 110 cm³/mol. The second kappa shape index (κ2) is 8.52. The lowest BCUT2D eigenvalue weighted by Gasteiger charge is -2.10. The lowest BCUT2D eigenvalue weighted by atomic mass is 10.1. The van der Waals surface area contributed by atoms with Crippen LogP contribution in [0, 0.1) is 13.8 Å². The third-order valence-corrected chi connectivity index (χ3v) is 4.13. The van der Waals surface area contributed by atoms with Gasteiger partial charge in [0, 0.05) is 17.3 Å². The summed E-state index contributed by atoms with van der Waals surface area (Å²) in [7, 11) is 0. The van der Waals surface area contributed by atoms with E-state index < -0.39 is 0 Å². The highest BCUT2D eigenvalue weighted by atomic mass is 16.5. The van der Waals surface area contributed by atoms with E-state index in [1.807, 2.05) is 63.2 Å². The van der Waals surface area contributed by atoms with Crippen LogP contribution in [-0.4, -0.2) is 22.3 Å². The number of carbonyl (C=O) groups is 1. The first-order valence-electron chi connectivity index (χ1n) is 9.14. The van der Waals surface area contributed by atoms with Gasteiger partial charge in [-0.25, -0.2) is 4.68 Å². The molecule has 0 aliphatic rings. The van der Waals surface area contributed by atoms with Crippen LogP contribution in [0.4, 0.5) is 5.69 Å². The van der Waals surface area contributed by atoms with E-state index in [0.717, 1.165) is 22.4 Å². The van der Waals surface area contributed by atoms with Gasteiger partial charge in [0.25, 0.3) is 5.56 Å². The standard InChI is InChI=1S/C22H23N3O3/c1-4-28-19-7-5-17(6-8-19)20-9-10-22(27)25(24-20)14-21(26)23-18-12-15(2)11-16(3)13-18/h5-13H,4,14H2,1-3H3,(H,23,26). The molecule has 0 atom stereocenters. The first-order chi connectivity index (χ1) is 13.4. The summed E-state index contributed by atoms with van der Waals surface area (Å²) in [5, 5.41) is 7.16. The van der Waals surface area contributed by atoms with Crippen molar-refractivity contribution >= 4 is 11.6 Å². The van der Waals surface area contributed by atoms with Crippen LogP contribution < -0.4 is 15.6 Å². The van der Waals surface area contributed by atoms with Crippen LogP contribution in [0.3, 0.4) is 0 Å². The van der Waals surface area contributed by atoms with Gasteiger partial charge >= 0.3 is 0 Å². The van der Waals surface area contributed by atoms with Gasteiger partial charge in [-0.3, -0.25) is 9.59 Å². The number of ether oxygens (including phenoxy) is 1. The van der Waals surface area contributed by atoms with Gasteiger partial charge in [-0.05, 0) is 74.4 Å². The molecule has 1 N–H and O–H groups in total. The molecular weight excluding hydrogens is 354 g/mol. The fourth-order valence-corrected chi connectivity index (χ4v) is 2.99. The zero-order chi connectivity index (χ0) is 20.1. The van der Waals surface area contributed by atoms with E-state index in [1.54, 1.807) is 6.07 Å². The van der Waals surface area contributed by atoms with Crippen molar-refractivity contribution in [1.29, 1.82) is 0 Å². The summed E-state index contributed by atoms with van der Waals surface area (Å²) in [6.45, 7) is 6.30. The lowest BCUT2D eigenvalue weighted by Crippen LogP contribution is -2.29. The van der Waals surface area contributed by atoms with E-state index in [2.05, 4.69) is 10.4 Å². The van der Waals surface area contributed by atoms with Gasteiger partial charge in [0.1, 0.15) is 12.3 Å². The van der Waals surface area contributed by atoms with E-state index >= 15 is 0 Å². The predicted octanol–water partition coefficient (Wildman–Crippen LogP) is 3.56. The van der Waals surface area contributed by atoms with Gasteiger partial charge in [-0.15, -0.1) is 0 Å². The number of rotatable bonds is 6. The zero-order valence-corrected chi connectivity index (χ0v) is 16.2. The molecule has 28 heavy (non-hydrogen) atoms. The van der Waals surface area contributed by atoms with Crippen LogP contribution in [0.1, 0.15) is 18.1 Å². The normalized spacial score (nSPS) is 10.5. The molecule has 0 aliphatic carbocycles. The summed E-state index contributed by atoms with van der Waals surface area (Å²) in [5.74, 6) is 0.468. The van der Waals surface area contributed by atoms with Crippen molar-refractivity contribution in [2.45, 2.75) is 27.3 Å². The van der Waals surface area contributed by atoms with Crippen molar-refractivity contribution < 1.29 is 9.53 Å². The van der Waals surface area contributed by atoms with Gasteiger partial charge in [-0.2, -0.15) is 5.10 Å². The highest BCUT2D eigenvalue weighted by Crippen LogP contribution is 2.20. The average molecular weight is 377 g/mol. The number of aryl methyl sites for hydroxylation is 2. The summed E-state index contributed by atoms with van der Waals surface area (Å²) >= 11 is 0. The summed E-state index contributed by atoms with van der Waals surface area (Å²) in [4.78, 5) is 24.5. The van der Waals surface area contributed by atoms with Crippen molar-refractivity contribution in [1.82, 2.24) is 9.78 Å². The Bertz CT molecular complexity index is 1020. The third kappa shape index (κ3) is 4.85. The summed E-state index contributed by atoms with van der Waals surface area (Å²) in [6.07, 6.45) is 0. The Morgan fingerprint density at radius 1 is 1.04 bits per heavy atom. The quantitative estimate of drug-likeness (QED) is 0.713. The maximum atomic E-state index is 12.4. The summed E-state index contributed by atoms with van der Waals surface area (Å²) < 4.78 is 6.61. The molecule has 6 heteroatoms. The first kappa shape index (κ1) is 19.4. The van der Waals surface area contributed by atoms with Gasteiger partial charge in [0.2, 0.25) is 5.91 Å². The molecule has 0 unspecified atom stereocenters. The van der Waals surface area contributed by atoms with Crippen molar-refractivity contribution in [2.24, 2.45) is 0 Å². The zero-order valence-electron chi connectivity index (χ0n) is 16.2. The van der Waals surface area contributed by atoms with Crippen molar-refractivity contribution in [2.75, 3.05) is 11.9 Å².